The van der Waals surface area contributed by atoms with Gasteiger partial charge in [0.25, 0.3) is 0 Å². The summed E-state index contributed by atoms with van der Waals surface area (Å²) in [4.78, 5) is 12.1. The van der Waals surface area contributed by atoms with Crippen LogP contribution in [0.2, 0.25) is 5.02 Å². The number of halogens is 1. The van der Waals surface area contributed by atoms with E-state index in [1.54, 1.807) is 0 Å². The SMILES string of the molecule is CCNC(C)(C)C(=O)Cc1ccc(C)cc1Cl. The zero-order chi connectivity index (χ0) is 13.1. The van der Waals surface area contributed by atoms with E-state index in [-0.39, 0.29) is 5.78 Å². The molecular weight excluding hydrogens is 234 g/mol. The van der Waals surface area contributed by atoms with E-state index in [9.17, 15) is 4.79 Å². The van der Waals surface area contributed by atoms with Crippen molar-refractivity contribution >= 4 is 17.4 Å². The van der Waals surface area contributed by atoms with E-state index in [2.05, 4.69) is 5.32 Å². The van der Waals surface area contributed by atoms with Gasteiger partial charge in [-0.2, -0.15) is 0 Å². The molecule has 0 aliphatic heterocycles. The molecule has 0 aliphatic rings. The van der Waals surface area contributed by atoms with Gasteiger partial charge in [0.15, 0.2) is 5.78 Å². The maximum atomic E-state index is 12.1. The Hall–Kier alpha value is -0.860. The molecule has 0 unspecified atom stereocenters. The number of benzene rings is 1. The van der Waals surface area contributed by atoms with Gasteiger partial charge in [0.05, 0.1) is 5.54 Å². The molecule has 0 radical (unpaired) electrons. The van der Waals surface area contributed by atoms with Crippen molar-refractivity contribution in [1.82, 2.24) is 5.32 Å². The minimum atomic E-state index is -0.497. The lowest BCUT2D eigenvalue weighted by Gasteiger charge is -2.24. The van der Waals surface area contributed by atoms with Gasteiger partial charge in [-0.1, -0.05) is 30.7 Å². The molecule has 0 atom stereocenters. The molecule has 1 aromatic carbocycles. The van der Waals surface area contributed by atoms with Gasteiger partial charge in [0.1, 0.15) is 0 Å². The molecule has 2 nitrogen and oxygen atoms in total. The molecule has 0 spiro atoms. The van der Waals surface area contributed by atoms with Crippen molar-refractivity contribution in [2.45, 2.75) is 39.7 Å². The van der Waals surface area contributed by atoms with Gasteiger partial charge in [0.2, 0.25) is 0 Å². The number of carbonyl (C=O) groups excluding carboxylic acids is 1. The molecule has 0 fully saturated rings. The normalized spacial score (nSPS) is 11.6. The standard InChI is InChI=1S/C14H20ClNO/c1-5-16-14(3,4)13(17)9-11-7-6-10(2)8-12(11)15/h6-8,16H,5,9H2,1-4H3. The maximum Gasteiger partial charge on any atom is 0.156 e. The molecule has 94 valence electrons. The van der Waals surface area contributed by atoms with Gasteiger partial charge >= 0.3 is 0 Å². The van der Waals surface area contributed by atoms with Gasteiger partial charge in [0, 0.05) is 11.4 Å². The lowest BCUT2D eigenvalue weighted by molar-refractivity contribution is -0.123. The fraction of sp³-hybridized carbons (Fsp3) is 0.500. The largest absolute Gasteiger partial charge is 0.306 e. The van der Waals surface area contributed by atoms with Gasteiger partial charge in [-0.3, -0.25) is 4.79 Å². The Morgan fingerprint density at radius 1 is 1.41 bits per heavy atom. The smallest absolute Gasteiger partial charge is 0.156 e. The van der Waals surface area contributed by atoms with Crippen LogP contribution in [0.3, 0.4) is 0 Å². The summed E-state index contributed by atoms with van der Waals surface area (Å²) >= 11 is 6.13. The number of carbonyl (C=O) groups is 1. The van der Waals surface area contributed by atoms with E-state index < -0.39 is 5.54 Å². The van der Waals surface area contributed by atoms with Crippen LogP contribution >= 0.6 is 11.6 Å². The van der Waals surface area contributed by atoms with Crippen molar-refractivity contribution in [2.75, 3.05) is 6.54 Å². The van der Waals surface area contributed by atoms with Gasteiger partial charge in [-0.25, -0.2) is 0 Å². The summed E-state index contributed by atoms with van der Waals surface area (Å²) in [5.41, 5.74) is 1.51. The summed E-state index contributed by atoms with van der Waals surface area (Å²) in [5, 5.41) is 3.85. The lowest BCUT2D eigenvalue weighted by atomic mass is 9.93. The fourth-order valence-corrected chi connectivity index (χ4v) is 2.03. The van der Waals surface area contributed by atoms with Crippen molar-refractivity contribution in [3.63, 3.8) is 0 Å². The van der Waals surface area contributed by atoms with Crippen molar-refractivity contribution in [1.29, 1.82) is 0 Å². The van der Waals surface area contributed by atoms with Gasteiger partial charge < -0.3 is 5.32 Å². The average molecular weight is 254 g/mol. The quantitative estimate of drug-likeness (QED) is 0.874. The number of hydrogen-bond donors (Lipinski definition) is 1. The zero-order valence-electron chi connectivity index (χ0n) is 10.9. The van der Waals surface area contributed by atoms with Crippen LogP contribution in [0, 0.1) is 6.92 Å². The number of likely N-dealkylation sites (N-methyl/N-ethyl adjacent to an activating group) is 1. The van der Waals surface area contributed by atoms with Crippen LogP contribution in [0.25, 0.3) is 0 Å². The number of rotatable bonds is 5. The highest BCUT2D eigenvalue weighted by molar-refractivity contribution is 6.31. The Bertz CT molecular complexity index is 413. The summed E-state index contributed by atoms with van der Waals surface area (Å²) in [7, 11) is 0. The molecule has 0 aromatic heterocycles. The first kappa shape index (κ1) is 14.2. The molecule has 0 saturated heterocycles. The molecule has 0 amide bonds. The summed E-state index contributed by atoms with van der Waals surface area (Å²) in [6.07, 6.45) is 0.374. The van der Waals surface area contributed by atoms with Crippen molar-refractivity contribution in [3.05, 3.63) is 34.3 Å². The molecule has 0 heterocycles. The summed E-state index contributed by atoms with van der Waals surface area (Å²) in [5.74, 6) is 0.158. The minimum Gasteiger partial charge on any atom is -0.306 e. The van der Waals surface area contributed by atoms with E-state index in [0.717, 1.165) is 17.7 Å². The number of aryl methyl sites for hydroxylation is 1. The molecule has 1 N–H and O–H groups in total. The summed E-state index contributed by atoms with van der Waals surface area (Å²) < 4.78 is 0. The van der Waals surface area contributed by atoms with Crippen LogP contribution in [0.4, 0.5) is 0 Å². The highest BCUT2D eigenvalue weighted by Crippen LogP contribution is 2.20. The van der Waals surface area contributed by atoms with Crippen LogP contribution in [0.15, 0.2) is 18.2 Å². The van der Waals surface area contributed by atoms with Gasteiger partial charge in [-0.15, -0.1) is 0 Å². The molecule has 3 heteroatoms. The van der Waals surface area contributed by atoms with Crippen LogP contribution in [0.5, 0.6) is 0 Å². The van der Waals surface area contributed by atoms with Crippen LogP contribution in [-0.4, -0.2) is 17.9 Å². The number of hydrogen-bond acceptors (Lipinski definition) is 2. The topological polar surface area (TPSA) is 29.1 Å². The van der Waals surface area contributed by atoms with Crippen LogP contribution in [0.1, 0.15) is 31.9 Å². The van der Waals surface area contributed by atoms with E-state index in [0.29, 0.717) is 11.4 Å². The summed E-state index contributed by atoms with van der Waals surface area (Å²) in [6.45, 7) is 8.57. The Morgan fingerprint density at radius 3 is 2.59 bits per heavy atom. The Morgan fingerprint density at radius 2 is 2.06 bits per heavy atom. The second-order valence-corrected chi connectivity index (χ2v) is 5.26. The first-order valence-corrected chi connectivity index (χ1v) is 6.28. The van der Waals surface area contributed by atoms with Crippen LogP contribution in [-0.2, 0) is 11.2 Å². The van der Waals surface area contributed by atoms with E-state index in [4.69, 9.17) is 11.6 Å². The maximum absolute atomic E-state index is 12.1. The zero-order valence-corrected chi connectivity index (χ0v) is 11.7. The molecule has 0 saturated carbocycles. The third-order valence-electron chi connectivity index (χ3n) is 2.88. The second kappa shape index (κ2) is 5.65. The molecule has 0 bridgehead atoms. The molecular formula is C14H20ClNO. The van der Waals surface area contributed by atoms with Crippen molar-refractivity contribution in [2.24, 2.45) is 0 Å². The Kier molecular flexibility index (Phi) is 4.72. The lowest BCUT2D eigenvalue weighted by Crippen LogP contribution is -2.47. The highest BCUT2D eigenvalue weighted by Gasteiger charge is 2.26. The first-order valence-electron chi connectivity index (χ1n) is 5.90. The van der Waals surface area contributed by atoms with E-state index in [1.165, 1.54) is 0 Å². The molecule has 0 aliphatic carbocycles. The monoisotopic (exact) mass is 253 g/mol. The fourth-order valence-electron chi connectivity index (χ4n) is 1.73. The molecule has 17 heavy (non-hydrogen) atoms. The van der Waals surface area contributed by atoms with Crippen LogP contribution < -0.4 is 5.32 Å². The van der Waals surface area contributed by atoms with Gasteiger partial charge in [-0.05, 0) is 44.5 Å². The molecule has 1 rings (SSSR count). The summed E-state index contributed by atoms with van der Waals surface area (Å²) in [6, 6.07) is 5.80. The number of nitrogens with one attached hydrogen (secondary N) is 1. The number of ketones is 1. The third kappa shape index (κ3) is 3.83. The minimum absolute atomic E-state index is 0.158. The van der Waals surface area contributed by atoms with Crippen molar-refractivity contribution < 1.29 is 4.79 Å². The average Bonchev–Trinajstić information content (AvgIpc) is 2.22. The van der Waals surface area contributed by atoms with Crippen molar-refractivity contribution in [3.8, 4) is 0 Å². The highest BCUT2D eigenvalue weighted by atomic mass is 35.5. The second-order valence-electron chi connectivity index (χ2n) is 4.85. The Balaban J connectivity index is 2.81. The molecule has 1 aromatic rings. The predicted molar refractivity (Wildman–Crippen MR) is 72.7 cm³/mol. The van der Waals surface area contributed by atoms with E-state index in [1.807, 2.05) is 45.9 Å². The first-order chi connectivity index (χ1) is 7.86. The van der Waals surface area contributed by atoms with E-state index >= 15 is 0 Å². The third-order valence-corrected chi connectivity index (χ3v) is 3.23. The number of Topliss-reactive ketones (excluding diaryl/α,β-unsaturated/α-hetero) is 1. The Labute approximate surface area is 108 Å². The predicted octanol–water partition coefficient (Wildman–Crippen LogP) is 3.15.